The lowest BCUT2D eigenvalue weighted by molar-refractivity contribution is 0.134. The van der Waals surface area contributed by atoms with Crippen LogP contribution in [0.25, 0.3) is 0 Å². The summed E-state index contributed by atoms with van der Waals surface area (Å²) in [6.07, 6.45) is 0. The van der Waals surface area contributed by atoms with Gasteiger partial charge in [-0.2, -0.15) is 0 Å². The van der Waals surface area contributed by atoms with E-state index >= 15 is 0 Å². The average Bonchev–Trinajstić information content (AvgIpc) is 2.91. The van der Waals surface area contributed by atoms with Gasteiger partial charge in [0.05, 0.1) is 19.3 Å². The second kappa shape index (κ2) is 5.28. The van der Waals surface area contributed by atoms with Gasteiger partial charge in [0.25, 0.3) is 0 Å². The minimum absolute atomic E-state index is 0.186. The molecule has 1 unspecified atom stereocenters. The highest BCUT2D eigenvalue weighted by Crippen LogP contribution is 2.28. The summed E-state index contributed by atoms with van der Waals surface area (Å²) >= 11 is 0. The number of fused-ring (bicyclic) bond motifs is 1. The Balaban J connectivity index is 2.03. The van der Waals surface area contributed by atoms with Crippen LogP contribution in [-0.2, 0) is 18.0 Å². The van der Waals surface area contributed by atoms with Gasteiger partial charge in [0, 0.05) is 5.56 Å². The highest BCUT2D eigenvalue weighted by molar-refractivity contribution is 5.39. The number of hydrazine groups is 1. The van der Waals surface area contributed by atoms with E-state index in [0.29, 0.717) is 13.2 Å². The van der Waals surface area contributed by atoms with E-state index in [1.165, 1.54) is 0 Å². The highest BCUT2D eigenvalue weighted by atomic mass is 19.1. The summed E-state index contributed by atoms with van der Waals surface area (Å²) in [4.78, 5) is 0. The number of hydrogen-bond acceptors (Lipinski definition) is 3. The molecule has 1 aliphatic heterocycles. The molecule has 1 aliphatic rings. The van der Waals surface area contributed by atoms with Gasteiger partial charge >= 0.3 is 0 Å². The predicted octanol–water partition coefficient (Wildman–Crippen LogP) is 2.55. The maximum Gasteiger partial charge on any atom is 0.128 e. The minimum atomic E-state index is -0.600. The smallest absolute Gasteiger partial charge is 0.128 e. The molecule has 0 radical (unpaired) electrons. The van der Waals surface area contributed by atoms with E-state index in [0.717, 1.165) is 34.9 Å². The normalized spacial score (nSPS) is 15.2. The van der Waals surface area contributed by atoms with E-state index in [1.807, 2.05) is 18.2 Å². The third kappa shape index (κ3) is 2.31. The van der Waals surface area contributed by atoms with Crippen LogP contribution in [0.2, 0.25) is 0 Å². The zero-order valence-corrected chi connectivity index (χ0v) is 10.7. The van der Waals surface area contributed by atoms with Gasteiger partial charge in [-0.05, 0) is 34.9 Å². The lowest BCUT2D eigenvalue weighted by Crippen LogP contribution is -2.29. The van der Waals surface area contributed by atoms with Crippen molar-refractivity contribution >= 4 is 0 Å². The lowest BCUT2D eigenvalue weighted by Gasteiger charge is -2.18. The summed E-state index contributed by atoms with van der Waals surface area (Å²) in [6.45, 7) is 1.12. The number of ether oxygens (including phenoxy) is 1. The molecule has 0 saturated heterocycles. The topological polar surface area (TPSA) is 47.3 Å². The first kappa shape index (κ1) is 13.2. The van der Waals surface area contributed by atoms with Gasteiger partial charge in [0.2, 0.25) is 0 Å². The maximum absolute atomic E-state index is 13.9. The molecule has 3 rings (SSSR count). The molecule has 0 aliphatic carbocycles. The number of hydrogen-bond donors (Lipinski definition) is 2. The van der Waals surface area contributed by atoms with Crippen LogP contribution in [-0.4, -0.2) is 0 Å². The molecule has 20 heavy (non-hydrogen) atoms. The fourth-order valence-electron chi connectivity index (χ4n) is 2.47. The van der Waals surface area contributed by atoms with Crippen molar-refractivity contribution in [2.75, 3.05) is 0 Å². The minimum Gasteiger partial charge on any atom is -0.372 e. The zero-order chi connectivity index (χ0) is 14.1. The Morgan fingerprint density at radius 3 is 2.65 bits per heavy atom. The van der Waals surface area contributed by atoms with E-state index < -0.39 is 17.7 Å². The fraction of sp³-hybridized carbons (Fsp3) is 0.200. The van der Waals surface area contributed by atoms with Gasteiger partial charge in [0.1, 0.15) is 11.6 Å². The second-order valence-electron chi connectivity index (χ2n) is 4.79. The van der Waals surface area contributed by atoms with Crippen LogP contribution in [0.4, 0.5) is 8.78 Å². The first-order valence-corrected chi connectivity index (χ1v) is 6.29. The maximum atomic E-state index is 13.9. The van der Waals surface area contributed by atoms with Gasteiger partial charge in [-0.3, -0.25) is 5.84 Å². The lowest BCUT2D eigenvalue weighted by atomic mass is 9.95. The number of benzene rings is 2. The third-order valence-corrected chi connectivity index (χ3v) is 3.51. The molecule has 0 bridgehead atoms. The van der Waals surface area contributed by atoms with E-state index in [9.17, 15) is 8.78 Å². The van der Waals surface area contributed by atoms with Crippen LogP contribution in [0.1, 0.15) is 28.3 Å². The Bertz CT molecular complexity index is 646. The van der Waals surface area contributed by atoms with Crippen LogP contribution in [0.15, 0.2) is 36.4 Å². The summed E-state index contributed by atoms with van der Waals surface area (Å²) < 4.78 is 32.5. The summed E-state index contributed by atoms with van der Waals surface area (Å²) in [5, 5.41) is 0. The Morgan fingerprint density at radius 2 is 1.85 bits per heavy atom. The van der Waals surface area contributed by atoms with Gasteiger partial charge in [-0.15, -0.1) is 0 Å². The van der Waals surface area contributed by atoms with E-state index in [4.69, 9.17) is 10.6 Å². The van der Waals surface area contributed by atoms with Crippen LogP contribution >= 0.6 is 0 Å². The number of nitrogens with two attached hydrogens (primary N) is 1. The Hall–Kier alpha value is -1.82. The highest BCUT2D eigenvalue weighted by Gasteiger charge is 2.20. The van der Waals surface area contributed by atoms with Gasteiger partial charge in [0.15, 0.2) is 0 Å². The van der Waals surface area contributed by atoms with Crippen molar-refractivity contribution < 1.29 is 13.5 Å². The molecule has 1 heterocycles. The van der Waals surface area contributed by atoms with Gasteiger partial charge in [-0.1, -0.05) is 18.2 Å². The molecule has 0 aromatic heterocycles. The quantitative estimate of drug-likeness (QED) is 0.669. The van der Waals surface area contributed by atoms with Crippen molar-refractivity contribution in [1.82, 2.24) is 5.43 Å². The van der Waals surface area contributed by atoms with E-state index in [2.05, 4.69) is 5.43 Å². The van der Waals surface area contributed by atoms with Crippen molar-refractivity contribution in [1.29, 1.82) is 0 Å². The summed E-state index contributed by atoms with van der Waals surface area (Å²) in [5.74, 6) is 4.54. The molecule has 3 N–H and O–H groups in total. The van der Waals surface area contributed by atoms with Crippen molar-refractivity contribution in [3.05, 3.63) is 70.3 Å². The van der Waals surface area contributed by atoms with Crippen LogP contribution < -0.4 is 11.3 Å². The fourth-order valence-corrected chi connectivity index (χ4v) is 2.47. The Morgan fingerprint density at radius 1 is 1.05 bits per heavy atom. The number of nitrogens with one attached hydrogen (secondary N) is 1. The first-order valence-electron chi connectivity index (χ1n) is 6.29. The van der Waals surface area contributed by atoms with Crippen LogP contribution in [0.5, 0.6) is 0 Å². The van der Waals surface area contributed by atoms with Gasteiger partial charge < -0.3 is 4.74 Å². The largest absolute Gasteiger partial charge is 0.372 e. The molecule has 0 saturated carbocycles. The number of rotatable bonds is 3. The third-order valence-electron chi connectivity index (χ3n) is 3.51. The SMILES string of the molecule is NNC(c1ccc2c(c1)COC2)c1cc(F)ccc1F. The molecular formula is C15H14F2N2O. The standard InChI is InChI=1S/C15H14F2N2O/c16-12-3-4-14(17)13(6-12)15(19-18)9-1-2-10-7-20-8-11(10)5-9/h1-6,15,19H,7-8,18H2. The van der Waals surface area contributed by atoms with Crippen molar-refractivity contribution in [3.63, 3.8) is 0 Å². The average molecular weight is 276 g/mol. The predicted molar refractivity (Wildman–Crippen MR) is 70.5 cm³/mol. The molecule has 0 amide bonds. The summed E-state index contributed by atoms with van der Waals surface area (Å²) in [5.41, 5.74) is 5.68. The molecule has 2 aromatic carbocycles. The number of halogens is 2. The zero-order valence-electron chi connectivity index (χ0n) is 10.7. The van der Waals surface area contributed by atoms with Crippen molar-refractivity contribution in [2.45, 2.75) is 19.3 Å². The summed E-state index contributed by atoms with van der Waals surface area (Å²) in [6, 6.07) is 8.44. The van der Waals surface area contributed by atoms with Crippen molar-refractivity contribution in [3.8, 4) is 0 Å². The second-order valence-corrected chi connectivity index (χ2v) is 4.79. The molecule has 1 atom stereocenters. The first-order chi connectivity index (χ1) is 9.69. The van der Waals surface area contributed by atoms with E-state index in [-0.39, 0.29) is 5.56 Å². The van der Waals surface area contributed by atoms with E-state index in [1.54, 1.807) is 0 Å². The van der Waals surface area contributed by atoms with Crippen LogP contribution in [0, 0.1) is 11.6 Å². The molecule has 0 spiro atoms. The monoisotopic (exact) mass is 276 g/mol. The van der Waals surface area contributed by atoms with Gasteiger partial charge in [-0.25, -0.2) is 14.2 Å². The Labute approximate surface area is 115 Å². The molecule has 104 valence electrons. The molecule has 0 fully saturated rings. The Kier molecular flexibility index (Phi) is 3.48. The summed E-state index contributed by atoms with van der Waals surface area (Å²) in [7, 11) is 0. The van der Waals surface area contributed by atoms with Crippen molar-refractivity contribution in [2.24, 2.45) is 5.84 Å². The molecular weight excluding hydrogens is 262 g/mol. The molecule has 5 heteroatoms. The van der Waals surface area contributed by atoms with Crippen LogP contribution in [0.3, 0.4) is 0 Å². The molecule has 2 aromatic rings. The molecule has 3 nitrogen and oxygen atoms in total.